The molecule has 0 aliphatic rings. The van der Waals surface area contributed by atoms with Gasteiger partial charge in [-0.15, -0.1) is 0 Å². The predicted octanol–water partition coefficient (Wildman–Crippen LogP) is 9.31. The highest BCUT2D eigenvalue weighted by molar-refractivity contribution is 6.34. The maximum absolute atomic E-state index is 13.0. The van der Waals surface area contributed by atoms with Crippen LogP contribution in [0.5, 0.6) is 11.5 Å². The molecule has 0 spiro atoms. The van der Waals surface area contributed by atoms with E-state index in [4.69, 9.17) is 44.3 Å². The summed E-state index contributed by atoms with van der Waals surface area (Å²) in [5, 5.41) is 22.1. The summed E-state index contributed by atoms with van der Waals surface area (Å²) in [4.78, 5) is 50.6. The van der Waals surface area contributed by atoms with E-state index in [1.54, 1.807) is 42.5 Å². The monoisotopic (exact) mass is 750 g/mol. The maximum Gasteiger partial charge on any atom is 0.258 e. The number of nitrogens with one attached hydrogen (secondary N) is 2. The van der Waals surface area contributed by atoms with Crippen LogP contribution in [0.3, 0.4) is 0 Å². The van der Waals surface area contributed by atoms with Crippen molar-refractivity contribution in [3.05, 3.63) is 92.9 Å². The molecule has 0 aliphatic heterocycles. The summed E-state index contributed by atoms with van der Waals surface area (Å²) in [7, 11) is 2.82. The first-order chi connectivity index (χ1) is 24.2. The molecule has 0 aromatic heterocycles. The van der Waals surface area contributed by atoms with Crippen LogP contribution < -0.4 is 20.1 Å². The molecule has 2 atom stereocenters. The van der Waals surface area contributed by atoms with Gasteiger partial charge in [-0.1, -0.05) is 64.6 Å². The van der Waals surface area contributed by atoms with Crippen LogP contribution in [0.4, 0.5) is 22.7 Å². The lowest BCUT2D eigenvalue weighted by molar-refractivity contribution is -0.127. The SMILES string of the molecule is COc1cc(NC(=O)[C@H](N=Nc2ccc(-c3ccc(N=N[C@H](C(C)=O)C(=O)Nc4ccc(C)cc4C)c(Cl)c3)cc2Cl)C(C)=O)c(OC)cc1Cl. The number of aryl methyl sites for hydroxylation is 2. The third kappa shape index (κ3) is 9.75. The number of ether oxygens (including phenoxy) is 2. The first-order valence-corrected chi connectivity index (χ1v) is 16.4. The number of hydrogen-bond donors (Lipinski definition) is 2. The molecule has 51 heavy (non-hydrogen) atoms. The van der Waals surface area contributed by atoms with Gasteiger partial charge in [-0.05, 0) is 74.7 Å². The van der Waals surface area contributed by atoms with Crippen molar-refractivity contribution >= 4 is 80.9 Å². The van der Waals surface area contributed by atoms with Crippen LogP contribution in [0.1, 0.15) is 25.0 Å². The maximum atomic E-state index is 13.0. The fourth-order valence-electron chi connectivity index (χ4n) is 4.73. The highest BCUT2D eigenvalue weighted by Crippen LogP contribution is 2.37. The van der Waals surface area contributed by atoms with Gasteiger partial charge in [0, 0.05) is 17.8 Å². The number of halogens is 3. The van der Waals surface area contributed by atoms with E-state index in [0.29, 0.717) is 16.8 Å². The lowest BCUT2D eigenvalue weighted by Gasteiger charge is -2.14. The van der Waals surface area contributed by atoms with E-state index in [1.165, 1.54) is 40.2 Å². The summed E-state index contributed by atoms with van der Waals surface area (Å²) < 4.78 is 10.5. The number of nitrogens with zero attached hydrogens (tertiary/aromatic N) is 4. The van der Waals surface area contributed by atoms with Crippen LogP contribution in [0.2, 0.25) is 15.1 Å². The smallest absolute Gasteiger partial charge is 0.258 e. The molecule has 4 aromatic rings. The number of hydrogen-bond acceptors (Lipinski definition) is 10. The predicted molar refractivity (Wildman–Crippen MR) is 198 cm³/mol. The lowest BCUT2D eigenvalue weighted by Crippen LogP contribution is -2.32. The summed E-state index contributed by atoms with van der Waals surface area (Å²) in [5.74, 6) is -1.89. The van der Waals surface area contributed by atoms with Gasteiger partial charge >= 0.3 is 0 Å². The molecule has 4 rings (SSSR count). The Balaban J connectivity index is 1.48. The molecular weight excluding hydrogens is 719 g/mol. The van der Waals surface area contributed by atoms with Gasteiger partial charge in [0.15, 0.2) is 11.6 Å². The number of ketones is 2. The number of carbonyl (C=O) groups excluding carboxylic acids is 4. The van der Waals surface area contributed by atoms with Gasteiger partial charge in [-0.3, -0.25) is 19.2 Å². The van der Waals surface area contributed by atoms with Crippen LogP contribution in [0, 0.1) is 13.8 Å². The summed E-state index contributed by atoms with van der Waals surface area (Å²) in [6.45, 7) is 6.26. The molecule has 15 heteroatoms. The third-order valence-electron chi connectivity index (χ3n) is 7.43. The molecular formula is C36H33Cl3N6O6. The molecule has 12 nitrogen and oxygen atoms in total. The molecule has 264 valence electrons. The Kier molecular flexibility index (Phi) is 13.0. The van der Waals surface area contributed by atoms with Crippen LogP contribution in [-0.4, -0.2) is 49.7 Å². The van der Waals surface area contributed by atoms with E-state index in [9.17, 15) is 19.2 Å². The fraction of sp³-hybridized carbons (Fsp3) is 0.222. The Labute approximate surface area is 309 Å². The number of benzene rings is 4. The Bertz CT molecular complexity index is 2070. The van der Waals surface area contributed by atoms with Crippen LogP contribution in [0.15, 0.2) is 87.2 Å². The number of anilines is 2. The van der Waals surface area contributed by atoms with Crippen molar-refractivity contribution in [3.63, 3.8) is 0 Å². The number of azo groups is 2. The van der Waals surface area contributed by atoms with E-state index in [1.807, 2.05) is 26.0 Å². The standard InChI is InChI=1S/C36H33Cl3N6O6/c1-18-7-10-27(19(2)13-18)40-35(48)33(20(3)46)44-42-28-11-8-22(14-24(28)37)23-9-12-29(25(38)15-23)43-45-34(21(4)47)36(49)41-30-17-31(50-5)26(39)16-32(30)51-6/h7-17,33-34H,1-6H3,(H,40,48)(H,41,49)/t33-,34-/m1/s1. The second-order valence-electron chi connectivity index (χ2n) is 11.3. The summed E-state index contributed by atoms with van der Waals surface area (Å²) in [6, 6.07) is 15.4. The number of Topliss-reactive ketones (excluding diaryl/α,β-unsaturated/α-hetero) is 2. The zero-order valence-corrected chi connectivity index (χ0v) is 30.6. The van der Waals surface area contributed by atoms with E-state index in [0.717, 1.165) is 11.1 Å². The minimum absolute atomic E-state index is 0.182. The van der Waals surface area contributed by atoms with E-state index < -0.39 is 35.5 Å². The molecule has 0 bridgehead atoms. The molecule has 0 radical (unpaired) electrons. The van der Waals surface area contributed by atoms with Crippen molar-refractivity contribution in [3.8, 4) is 22.6 Å². The van der Waals surface area contributed by atoms with Gasteiger partial charge in [0.1, 0.15) is 22.9 Å². The lowest BCUT2D eigenvalue weighted by atomic mass is 10.0. The minimum atomic E-state index is -1.49. The van der Waals surface area contributed by atoms with Gasteiger partial charge in [0.2, 0.25) is 12.1 Å². The second-order valence-corrected chi connectivity index (χ2v) is 12.5. The average molecular weight is 752 g/mol. The largest absolute Gasteiger partial charge is 0.495 e. The van der Waals surface area contributed by atoms with Gasteiger partial charge in [-0.25, -0.2) is 0 Å². The minimum Gasteiger partial charge on any atom is -0.495 e. The number of amides is 2. The molecule has 0 unspecified atom stereocenters. The van der Waals surface area contributed by atoms with Crippen molar-refractivity contribution in [1.29, 1.82) is 0 Å². The molecule has 0 heterocycles. The van der Waals surface area contributed by atoms with E-state index in [2.05, 4.69) is 31.1 Å². The molecule has 2 N–H and O–H groups in total. The average Bonchev–Trinajstić information content (AvgIpc) is 3.07. The highest BCUT2D eigenvalue weighted by Gasteiger charge is 2.26. The number of rotatable bonds is 13. The van der Waals surface area contributed by atoms with Crippen LogP contribution in [-0.2, 0) is 19.2 Å². The summed E-state index contributed by atoms with van der Waals surface area (Å²) in [5.41, 5.74) is 4.43. The zero-order chi connectivity index (χ0) is 37.4. The molecule has 4 aromatic carbocycles. The van der Waals surface area contributed by atoms with Crippen LogP contribution >= 0.6 is 34.8 Å². The van der Waals surface area contributed by atoms with Crippen molar-refractivity contribution in [2.75, 3.05) is 24.9 Å². The van der Waals surface area contributed by atoms with E-state index >= 15 is 0 Å². The summed E-state index contributed by atoms with van der Waals surface area (Å²) in [6.07, 6.45) is 0. The quantitative estimate of drug-likeness (QED) is 0.102. The van der Waals surface area contributed by atoms with Gasteiger partial charge < -0.3 is 20.1 Å². The topological polar surface area (TPSA) is 160 Å². The van der Waals surface area contributed by atoms with Gasteiger partial charge in [0.05, 0.1) is 35.0 Å². The highest BCUT2D eigenvalue weighted by atomic mass is 35.5. The third-order valence-corrected chi connectivity index (χ3v) is 8.33. The number of carbonyl (C=O) groups is 4. The van der Waals surface area contributed by atoms with E-state index in [-0.39, 0.29) is 43.6 Å². The zero-order valence-electron chi connectivity index (χ0n) is 28.4. The Morgan fingerprint density at radius 1 is 0.608 bits per heavy atom. The van der Waals surface area contributed by atoms with Gasteiger partial charge in [-0.2, -0.15) is 20.5 Å². The molecule has 0 fully saturated rings. The van der Waals surface area contributed by atoms with Crippen molar-refractivity contribution in [2.24, 2.45) is 20.5 Å². The first kappa shape index (κ1) is 38.6. The Morgan fingerprint density at radius 2 is 1.10 bits per heavy atom. The summed E-state index contributed by atoms with van der Waals surface area (Å²) >= 11 is 19.2. The second kappa shape index (κ2) is 17.2. The van der Waals surface area contributed by atoms with Crippen LogP contribution in [0.25, 0.3) is 11.1 Å². The molecule has 2 amide bonds. The van der Waals surface area contributed by atoms with Crippen molar-refractivity contribution in [2.45, 2.75) is 39.8 Å². The Hall–Kier alpha value is -5.17. The first-order valence-electron chi connectivity index (χ1n) is 15.2. The fourth-order valence-corrected chi connectivity index (χ4v) is 5.39. The number of methoxy groups -OCH3 is 2. The molecule has 0 saturated carbocycles. The van der Waals surface area contributed by atoms with Crippen molar-refractivity contribution in [1.82, 2.24) is 0 Å². The van der Waals surface area contributed by atoms with Crippen molar-refractivity contribution < 1.29 is 28.7 Å². The Morgan fingerprint density at radius 3 is 1.53 bits per heavy atom. The molecule has 0 saturated heterocycles. The van der Waals surface area contributed by atoms with Gasteiger partial charge in [0.25, 0.3) is 11.8 Å². The normalized spacial score (nSPS) is 12.4. The molecule has 0 aliphatic carbocycles.